The van der Waals surface area contributed by atoms with Crippen molar-refractivity contribution in [3.63, 3.8) is 0 Å². The molecule has 88 valence electrons. The first-order chi connectivity index (χ1) is 7.72. The molecule has 16 heavy (non-hydrogen) atoms. The average Bonchev–Trinajstić information content (AvgIpc) is 2.28. The van der Waals surface area contributed by atoms with Gasteiger partial charge in [0.2, 0.25) is 5.91 Å². The van der Waals surface area contributed by atoms with Crippen LogP contribution in [-0.2, 0) is 11.2 Å². The summed E-state index contributed by atoms with van der Waals surface area (Å²) in [6, 6.07) is 7.54. The van der Waals surface area contributed by atoms with Crippen molar-refractivity contribution >= 4 is 18.5 Å². The number of aliphatic hydroxyl groups is 1. The van der Waals surface area contributed by atoms with Crippen molar-refractivity contribution in [2.75, 3.05) is 13.2 Å². The highest BCUT2D eigenvalue weighted by molar-refractivity contribution is 7.80. The topological polar surface area (TPSA) is 49.3 Å². The van der Waals surface area contributed by atoms with Gasteiger partial charge in [-0.1, -0.05) is 12.1 Å². The van der Waals surface area contributed by atoms with Crippen LogP contribution in [0.2, 0.25) is 0 Å². The van der Waals surface area contributed by atoms with Gasteiger partial charge >= 0.3 is 0 Å². The van der Waals surface area contributed by atoms with E-state index in [-0.39, 0.29) is 12.5 Å². The molecule has 0 bridgehead atoms. The van der Waals surface area contributed by atoms with Gasteiger partial charge in [0.1, 0.15) is 0 Å². The monoisotopic (exact) mass is 239 g/mol. The first-order valence-electron chi connectivity index (χ1n) is 5.38. The Morgan fingerprint density at radius 3 is 2.56 bits per heavy atom. The van der Waals surface area contributed by atoms with Gasteiger partial charge in [0.15, 0.2) is 0 Å². The van der Waals surface area contributed by atoms with Crippen LogP contribution in [0.5, 0.6) is 0 Å². The predicted octanol–water partition coefficient (Wildman–Crippen LogP) is 1.41. The molecule has 0 unspecified atom stereocenters. The van der Waals surface area contributed by atoms with Crippen LogP contribution in [0.1, 0.15) is 18.4 Å². The fraction of sp³-hybridized carbons (Fsp3) is 0.417. The number of rotatable bonds is 6. The Kier molecular flexibility index (Phi) is 5.96. The number of hydrogen-bond donors (Lipinski definition) is 3. The molecular weight excluding hydrogens is 222 g/mol. The molecule has 0 fully saturated rings. The molecule has 1 amide bonds. The van der Waals surface area contributed by atoms with E-state index in [9.17, 15) is 4.79 Å². The minimum Gasteiger partial charge on any atom is -0.396 e. The SMILES string of the molecule is O=C(Cc1ccc(S)cc1)NCCCCO. The molecule has 0 saturated carbocycles. The summed E-state index contributed by atoms with van der Waals surface area (Å²) in [5.74, 6) is 0.0184. The number of unbranched alkanes of at least 4 members (excludes halogenated alkanes) is 1. The van der Waals surface area contributed by atoms with Crippen molar-refractivity contribution in [1.29, 1.82) is 0 Å². The number of thiol groups is 1. The summed E-state index contributed by atoms with van der Waals surface area (Å²) in [6.07, 6.45) is 1.94. The zero-order chi connectivity index (χ0) is 11.8. The molecule has 0 aliphatic carbocycles. The average molecular weight is 239 g/mol. The van der Waals surface area contributed by atoms with Gasteiger partial charge in [-0.2, -0.15) is 0 Å². The summed E-state index contributed by atoms with van der Waals surface area (Å²) in [6.45, 7) is 0.809. The van der Waals surface area contributed by atoms with E-state index in [1.165, 1.54) is 0 Å². The fourth-order valence-electron chi connectivity index (χ4n) is 1.33. The highest BCUT2D eigenvalue weighted by Crippen LogP contribution is 2.08. The van der Waals surface area contributed by atoms with Crippen LogP contribution in [0, 0.1) is 0 Å². The lowest BCUT2D eigenvalue weighted by molar-refractivity contribution is -0.120. The molecule has 3 nitrogen and oxygen atoms in total. The van der Waals surface area contributed by atoms with Crippen LogP contribution in [0.3, 0.4) is 0 Å². The van der Waals surface area contributed by atoms with Crippen LogP contribution in [0.4, 0.5) is 0 Å². The van der Waals surface area contributed by atoms with E-state index in [2.05, 4.69) is 17.9 Å². The zero-order valence-electron chi connectivity index (χ0n) is 9.15. The second-order valence-electron chi connectivity index (χ2n) is 3.62. The maximum absolute atomic E-state index is 11.5. The second-order valence-corrected chi connectivity index (χ2v) is 4.14. The number of amides is 1. The summed E-state index contributed by atoms with van der Waals surface area (Å²) in [5.41, 5.74) is 0.984. The van der Waals surface area contributed by atoms with Gasteiger partial charge < -0.3 is 10.4 Å². The normalized spacial score (nSPS) is 10.1. The molecule has 0 saturated heterocycles. The lowest BCUT2D eigenvalue weighted by atomic mass is 10.1. The molecule has 2 N–H and O–H groups in total. The zero-order valence-corrected chi connectivity index (χ0v) is 10.0. The van der Waals surface area contributed by atoms with E-state index >= 15 is 0 Å². The Morgan fingerprint density at radius 2 is 1.94 bits per heavy atom. The smallest absolute Gasteiger partial charge is 0.224 e. The van der Waals surface area contributed by atoms with Crippen molar-refractivity contribution in [2.45, 2.75) is 24.2 Å². The third-order valence-corrected chi connectivity index (χ3v) is 2.51. The van der Waals surface area contributed by atoms with Gasteiger partial charge in [-0.15, -0.1) is 12.6 Å². The Morgan fingerprint density at radius 1 is 1.25 bits per heavy atom. The standard InChI is InChI=1S/C12H17NO2S/c14-8-2-1-7-13-12(15)9-10-3-5-11(16)6-4-10/h3-6,14,16H,1-2,7-9H2,(H,13,15). The maximum atomic E-state index is 11.5. The number of carbonyl (C=O) groups excluding carboxylic acids is 1. The van der Waals surface area contributed by atoms with Crippen molar-refractivity contribution in [2.24, 2.45) is 0 Å². The molecule has 0 heterocycles. The molecular formula is C12H17NO2S. The molecule has 0 spiro atoms. The third-order valence-electron chi connectivity index (χ3n) is 2.21. The van der Waals surface area contributed by atoms with E-state index < -0.39 is 0 Å². The highest BCUT2D eigenvalue weighted by atomic mass is 32.1. The summed E-state index contributed by atoms with van der Waals surface area (Å²) in [5, 5.41) is 11.4. The van der Waals surface area contributed by atoms with E-state index in [1.807, 2.05) is 24.3 Å². The van der Waals surface area contributed by atoms with Crippen LogP contribution in [0.25, 0.3) is 0 Å². The molecule has 1 aromatic carbocycles. The molecule has 0 aromatic heterocycles. The number of nitrogens with one attached hydrogen (secondary N) is 1. The molecule has 1 rings (SSSR count). The largest absolute Gasteiger partial charge is 0.396 e. The van der Waals surface area contributed by atoms with Crippen molar-refractivity contribution in [3.8, 4) is 0 Å². The highest BCUT2D eigenvalue weighted by Gasteiger charge is 2.01. The number of aliphatic hydroxyl groups excluding tert-OH is 1. The lowest BCUT2D eigenvalue weighted by Crippen LogP contribution is -2.26. The summed E-state index contributed by atoms with van der Waals surface area (Å²) < 4.78 is 0. The van der Waals surface area contributed by atoms with E-state index in [1.54, 1.807) is 0 Å². The van der Waals surface area contributed by atoms with Gasteiger partial charge in [-0.3, -0.25) is 4.79 Å². The van der Waals surface area contributed by atoms with E-state index in [4.69, 9.17) is 5.11 Å². The van der Waals surface area contributed by atoms with Crippen LogP contribution >= 0.6 is 12.6 Å². The van der Waals surface area contributed by atoms with Crippen molar-refractivity contribution < 1.29 is 9.90 Å². The lowest BCUT2D eigenvalue weighted by Gasteiger charge is -2.04. The Balaban J connectivity index is 2.26. The quantitative estimate of drug-likeness (QED) is 0.519. The summed E-state index contributed by atoms with van der Waals surface area (Å²) in [4.78, 5) is 12.4. The van der Waals surface area contributed by atoms with E-state index in [0.717, 1.165) is 23.3 Å². The van der Waals surface area contributed by atoms with E-state index in [0.29, 0.717) is 13.0 Å². The fourth-order valence-corrected chi connectivity index (χ4v) is 1.48. The van der Waals surface area contributed by atoms with Gasteiger partial charge in [-0.05, 0) is 30.5 Å². The van der Waals surface area contributed by atoms with Gasteiger partial charge in [0.05, 0.1) is 6.42 Å². The van der Waals surface area contributed by atoms with Gasteiger partial charge in [-0.25, -0.2) is 0 Å². The minimum absolute atomic E-state index is 0.0184. The Bertz CT molecular complexity index is 324. The Labute approximate surface area is 101 Å². The van der Waals surface area contributed by atoms with Crippen molar-refractivity contribution in [1.82, 2.24) is 5.32 Å². The number of carbonyl (C=O) groups is 1. The first kappa shape index (κ1) is 13.1. The van der Waals surface area contributed by atoms with Crippen LogP contribution < -0.4 is 5.32 Å². The molecule has 0 aliphatic heterocycles. The first-order valence-corrected chi connectivity index (χ1v) is 5.82. The number of benzene rings is 1. The molecule has 0 aliphatic rings. The van der Waals surface area contributed by atoms with Crippen molar-refractivity contribution in [3.05, 3.63) is 29.8 Å². The summed E-state index contributed by atoms with van der Waals surface area (Å²) in [7, 11) is 0. The van der Waals surface area contributed by atoms with Crippen LogP contribution in [-0.4, -0.2) is 24.2 Å². The summed E-state index contributed by atoms with van der Waals surface area (Å²) >= 11 is 4.18. The minimum atomic E-state index is 0.0184. The maximum Gasteiger partial charge on any atom is 0.224 e. The second kappa shape index (κ2) is 7.30. The van der Waals surface area contributed by atoms with Gasteiger partial charge in [0, 0.05) is 18.0 Å². The molecule has 0 atom stereocenters. The molecule has 1 aromatic rings. The third kappa shape index (κ3) is 5.19. The van der Waals surface area contributed by atoms with Crippen LogP contribution in [0.15, 0.2) is 29.2 Å². The molecule has 0 radical (unpaired) electrons. The predicted molar refractivity (Wildman–Crippen MR) is 66.7 cm³/mol. The number of hydrogen-bond acceptors (Lipinski definition) is 3. The Hall–Kier alpha value is -1.00. The van der Waals surface area contributed by atoms with Gasteiger partial charge in [0.25, 0.3) is 0 Å². The molecule has 4 heteroatoms.